The highest BCUT2D eigenvalue weighted by Gasteiger charge is 2.49. The fraction of sp³-hybridized carbons (Fsp3) is 0.545. The molecule has 1 fully saturated rings. The molecule has 0 aromatic heterocycles. The van der Waals surface area contributed by atoms with E-state index in [1.807, 2.05) is 45.8 Å². The summed E-state index contributed by atoms with van der Waals surface area (Å²) in [6.07, 6.45) is 8.10. The first-order chi connectivity index (χ1) is 27.3. The average Bonchev–Trinajstić information content (AvgIpc) is 3.44. The van der Waals surface area contributed by atoms with E-state index in [0.717, 1.165) is 13.1 Å². The number of aryl methyl sites for hydroxylation is 1. The number of nitrogens with one attached hydrogen (secondary N) is 1. The minimum Gasteiger partial charge on any atom is -0.507 e. The maximum atomic E-state index is 14.5. The highest BCUT2D eigenvalue weighted by molar-refractivity contribution is 6.23. The number of likely N-dealkylation sites (N-methyl/N-ethyl adjacent to an activating group) is 1. The van der Waals surface area contributed by atoms with Gasteiger partial charge in [-0.05, 0) is 57.7 Å². The van der Waals surface area contributed by atoms with Gasteiger partial charge >= 0.3 is 11.8 Å². The van der Waals surface area contributed by atoms with Crippen LogP contribution >= 0.6 is 0 Å². The minimum atomic E-state index is -1.93. The SMILES string of the molecule is CO[C@H]1/C=C/O[C@@]2(C)Oc3c(C)c(O)c4c(C)c(c(C=NN5CCN(C)CC5)c(O)c4c3C2=O)NC(=O)/C(C)=C\C=C\[C@H](C)C[C@@H](C)[C@@H](O)[C@@H](C)[C@H](OC(C)=O)[C@@H]1C. The zero-order valence-corrected chi connectivity index (χ0v) is 35.6. The molecule has 4 aliphatic rings. The number of rotatable bonds is 4. The maximum absolute atomic E-state index is 14.5. The van der Waals surface area contributed by atoms with Crippen LogP contribution in [0.1, 0.15) is 81.9 Å². The van der Waals surface area contributed by atoms with Crippen molar-refractivity contribution in [3.63, 3.8) is 0 Å². The molecule has 14 nitrogen and oxygen atoms in total. The number of nitrogens with zero attached hydrogens (tertiary/aromatic N) is 3. The fourth-order valence-electron chi connectivity index (χ4n) is 8.23. The standard InChI is InChI=1S/C44H60N4O10/c1-23-13-12-14-24(2)43(54)46-36-27(5)33-34(39(52)31(36)22-45-48-18-16-47(10)17-19-48)35-41(29(7)38(33)51)58-44(9,42(35)53)56-20-15-32(55-11)26(4)40(57-30(8)49)28(6)37(50)25(3)21-23/h12-15,20,22-23,25-26,28,32,37,40,50-52H,16-19,21H2,1-11H3,(H,46,54)/b13-12+,20-15+,24-14-,45-22?/t23-,25+,26+,28+,32-,37+,40+,44-/m0/s1. The summed E-state index contributed by atoms with van der Waals surface area (Å²) >= 11 is 0. The molecule has 14 heteroatoms. The summed E-state index contributed by atoms with van der Waals surface area (Å²) in [5.41, 5.74) is 1.38. The number of hydrazone groups is 1. The fourth-order valence-corrected chi connectivity index (χ4v) is 8.23. The van der Waals surface area contributed by atoms with Crippen LogP contribution < -0.4 is 10.1 Å². The number of aromatic hydroxyl groups is 2. The first-order valence-electron chi connectivity index (χ1n) is 20.0. The lowest BCUT2D eigenvalue weighted by molar-refractivity contribution is -0.159. The van der Waals surface area contributed by atoms with Crippen molar-refractivity contribution >= 4 is 40.3 Å². The highest BCUT2D eigenvalue weighted by Crippen LogP contribution is 2.53. The van der Waals surface area contributed by atoms with Crippen LogP contribution in [0.2, 0.25) is 0 Å². The zero-order chi connectivity index (χ0) is 42.8. The molecule has 0 radical (unpaired) electrons. The van der Waals surface area contributed by atoms with Gasteiger partial charge in [-0.25, -0.2) is 0 Å². The number of Topliss-reactive ketones (excluding diaryl/α,β-unsaturated/α-hetero) is 1. The van der Waals surface area contributed by atoms with Gasteiger partial charge in [-0.1, -0.05) is 45.9 Å². The Kier molecular flexibility index (Phi) is 13.7. The number of allylic oxidation sites excluding steroid dienone is 3. The second-order valence-corrected chi connectivity index (χ2v) is 16.4. The number of carbonyl (C=O) groups is 3. The summed E-state index contributed by atoms with van der Waals surface area (Å²) < 4.78 is 23.9. The molecule has 4 heterocycles. The number of ketones is 1. The van der Waals surface area contributed by atoms with Crippen LogP contribution in [-0.2, 0) is 23.8 Å². The Morgan fingerprint density at radius 1 is 1.00 bits per heavy atom. The van der Waals surface area contributed by atoms with Crippen LogP contribution in [0.4, 0.5) is 5.69 Å². The number of benzene rings is 2. The summed E-state index contributed by atoms with van der Waals surface area (Å²) in [6, 6.07) is 0. The van der Waals surface area contributed by atoms with Gasteiger partial charge in [0, 0.05) is 80.9 Å². The molecule has 0 spiro atoms. The number of amides is 1. The molecule has 1 amide bonds. The smallest absolute Gasteiger partial charge is 0.312 e. The quantitative estimate of drug-likeness (QED) is 0.211. The molecule has 4 N–H and O–H groups in total. The molecule has 6 rings (SSSR count). The van der Waals surface area contributed by atoms with Crippen molar-refractivity contribution in [1.29, 1.82) is 0 Å². The van der Waals surface area contributed by atoms with Crippen molar-refractivity contribution in [1.82, 2.24) is 9.91 Å². The van der Waals surface area contributed by atoms with Gasteiger partial charge in [0.05, 0.1) is 41.5 Å². The monoisotopic (exact) mass is 804 g/mol. The van der Waals surface area contributed by atoms with E-state index in [-0.39, 0.29) is 62.2 Å². The zero-order valence-electron chi connectivity index (χ0n) is 35.6. The van der Waals surface area contributed by atoms with Crippen LogP contribution in [0.25, 0.3) is 10.8 Å². The third-order valence-electron chi connectivity index (χ3n) is 11.9. The molecular weight excluding hydrogens is 745 g/mol. The summed E-state index contributed by atoms with van der Waals surface area (Å²) in [6.45, 7) is 18.2. The summed E-state index contributed by atoms with van der Waals surface area (Å²) in [7, 11) is 3.53. The van der Waals surface area contributed by atoms with E-state index >= 15 is 0 Å². The molecule has 0 aliphatic carbocycles. The first kappa shape index (κ1) is 44.2. The second-order valence-electron chi connectivity index (χ2n) is 16.4. The van der Waals surface area contributed by atoms with Gasteiger partial charge in [-0.15, -0.1) is 0 Å². The number of hydrogen-bond donors (Lipinski definition) is 4. The van der Waals surface area contributed by atoms with Crippen molar-refractivity contribution in [3.05, 3.63) is 58.4 Å². The number of fused-ring (bicyclic) bond motifs is 14. The first-order valence-corrected chi connectivity index (χ1v) is 20.0. The molecule has 0 saturated carbocycles. The van der Waals surface area contributed by atoms with Gasteiger partial charge in [0.25, 0.3) is 11.7 Å². The molecule has 1 saturated heterocycles. The minimum absolute atomic E-state index is 0.00206. The maximum Gasteiger partial charge on any atom is 0.312 e. The number of methoxy groups -OCH3 is 1. The molecular formula is C44H60N4O10. The summed E-state index contributed by atoms with van der Waals surface area (Å²) in [5, 5.41) is 45.2. The van der Waals surface area contributed by atoms with E-state index in [0.29, 0.717) is 30.6 Å². The predicted octanol–water partition coefficient (Wildman–Crippen LogP) is 5.97. The third kappa shape index (κ3) is 8.88. The van der Waals surface area contributed by atoms with Crippen LogP contribution in [-0.4, -0.2) is 114 Å². The number of piperazine rings is 1. The Morgan fingerprint density at radius 3 is 2.31 bits per heavy atom. The van der Waals surface area contributed by atoms with Crippen LogP contribution in [0.15, 0.2) is 41.2 Å². The van der Waals surface area contributed by atoms with Gasteiger partial charge in [-0.2, -0.15) is 5.10 Å². The van der Waals surface area contributed by atoms with Crippen molar-refractivity contribution in [2.45, 2.75) is 92.8 Å². The second kappa shape index (κ2) is 17.9. The number of phenols is 2. The lowest BCUT2D eigenvalue weighted by atomic mass is 9.79. The van der Waals surface area contributed by atoms with Crippen LogP contribution in [0.5, 0.6) is 17.2 Å². The van der Waals surface area contributed by atoms with E-state index in [2.05, 4.69) is 15.3 Å². The Labute approximate surface area is 341 Å². The Morgan fingerprint density at radius 2 is 1.67 bits per heavy atom. The lowest BCUT2D eigenvalue weighted by Gasteiger charge is -2.36. The number of ether oxygens (including phenoxy) is 4. The largest absolute Gasteiger partial charge is 0.507 e. The topological polar surface area (TPSA) is 180 Å². The Balaban J connectivity index is 1.69. The molecule has 2 aromatic carbocycles. The molecule has 58 heavy (non-hydrogen) atoms. The molecule has 0 unspecified atom stereocenters. The number of anilines is 1. The van der Waals surface area contributed by atoms with Gasteiger partial charge in [0.15, 0.2) is 0 Å². The van der Waals surface area contributed by atoms with E-state index < -0.39 is 53.6 Å². The van der Waals surface area contributed by atoms with Crippen LogP contribution in [0.3, 0.4) is 0 Å². The predicted molar refractivity (Wildman–Crippen MR) is 222 cm³/mol. The van der Waals surface area contributed by atoms with E-state index in [1.54, 1.807) is 39.0 Å². The van der Waals surface area contributed by atoms with Crippen LogP contribution in [0, 0.1) is 37.5 Å². The summed E-state index contributed by atoms with van der Waals surface area (Å²) in [5.74, 6) is -5.22. The molecule has 8 atom stereocenters. The van der Waals surface area contributed by atoms with E-state index in [9.17, 15) is 29.7 Å². The number of aliphatic hydroxyl groups excluding tert-OH is 1. The summed E-state index contributed by atoms with van der Waals surface area (Å²) in [4.78, 5) is 42.9. The van der Waals surface area contributed by atoms with Gasteiger partial charge < -0.3 is 44.5 Å². The van der Waals surface area contributed by atoms with Crippen molar-refractivity contribution in [2.75, 3.05) is 45.7 Å². The normalized spacial score (nSPS) is 31.1. The van der Waals surface area contributed by atoms with Crippen molar-refractivity contribution in [3.8, 4) is 17.2 Å². The molecule has 5 bridgehead atoms. The number of aliphatic hydroxyl groups is 1. The van der Waals surface area contributed by atoms with Crippen molar-refractivity contribution < 1.29 is 48.7 Å². The van der Waals surface area contributed by atoms with Crippen molar-refractivity contribution in [2.24, 2.45) is 28.8 Å². The van der Waals surface area contributed by atoms with E-state index in [4.69, 9.17) is 18.9 Å². The van der Waals surface area contributed by atoms with Gasteiger partial charge in [0.2, 0.25) is 0 Å². The van der Waals surface area contributed by atoms with Gasteiger partial charge in [-0.3, -0.25) is 19.4 Å². The highest BCUT2D eigenvalue weighted by atomic mass is 16.7. The number of hydrogen-bond acceptors (Lipinski definition) is 13. The van der Waals surface area contributed by atoms with Gasteiger partial charge in [0.1, 0.15) is 23.4 Å². The van der Waals surface area contributed by atoms with E-state index in [1.165, 1.54) is 33.4 Å². The lowest BCUT2D eigenvalue weighted by Crippen LogP contribution is -2.44. The number of esters is 1. The Hall–Kier alpha value is -4.92. The molecule has 316 valence electrons. The number of phenolic OH excluding ortho intramolecular Hbond substituents is 2. The third-order valence-corrected chi connectivity index (χ3v) is 11.9. The Bertz CT molecular complexity index is 2030. The average molecular weight is 805 g/mol. The molecule has 2 aromatic rings. The molecule has 4 aliphatic heterocycles. The number of carbonyl (C=O) groups excluding carboxylic acids is 3.